The molecule has 0 saturated heterocycles. The van der Waals surface area contributed by atoms with Crippen molar-refractivity contribution in [2.24, 2.45) is 5.73 Å². The maximum absolute atomic E-state index is 8.50. The van der Waals surface area contributed by atoms with E-state index in [0.717, 1.165) is 10.0 Å². The molecule has 2 nitrogen and oxygen atoms in total. The van der Waals surface area contributed by atoms with Gasteiger partial charge in [0.25, 0.3) is 0 Å². The summed E-state index contributed by atoms with van der Waals surface area (Å²) in [4.78, 5) is 0. The third-order valence-electron chi connectivity index (χ3n) is 1.87. The predicted molar refractivity (Wildman–Crippen MR) is 63.3 cm³/mol. The summed E-state index contributed by atoms with van der Waals surface area (Å²) in [5.41, 5.74) is 7.98. The van der Waals surface area contributed by atoms with Crippen molar-refractivity contribution in [1.29, 1.82) is 5.26 Å². The van der Waals surface area contributed by atoms with Crippen molar-refractivity contribution in [3.8, 4) is 6.07 Å². The van der Waals surface area contributed by atoms with Crippen molar-refractivity contribution in [1.82, 2.24) is 0 Å². The molecule has 1 rings (SSSR count). The molecular formula is C10H12BrClN2. The average molecular weight is 276 g/mol. The lowest BCUT2D eigenvalue weighted by molar-refractivity contribution is 0.744. The molecule has 0 aliphatic carbocycles. The summed E-state index contributed by atoms with van der Waals surface area (Å²) in [6.45, 7) is 2.02. The Bertz CT molecular complexity index is 346. The molecule has 0 bridgehead atoms. The molecule has 14 heavy (non-hydrogen) atoms. The molecule has 1 aromatic rings. The lowest BCUT2D eigenvalue weighted by Crippen LogP contribution is -2.09. The Morgan fingerprint density at radius 2 is 2.21 bits per heavy atom. The van der Waals surface area contributed by atoms with E-state index in [1.165, 1.54) is 5.56 Å². The Kier molecular flexibility index (Phi) is 5.78. The molecule has 0 aliphatic heterocycles. The monoisotopic (exact) mass is 274 g/mol. The van der Waals surface area contributed by atoms with Gasteiger partial charge >= 0.3 is 0 Å². The van der Waals surface area contributed by atoms with E-state index in [1.807, 2.05) is 25.1 Å². The van der Waals surface area contributed by atoms with Crippen molar-refractivity contribution >= 4 is 28.3 Å². The van der Waals surface area contributed by atoms with Crippen LogP contribution in [-0.4, -0.2) is 0 Å². The standard InChI is InChI=1S/C10H11BrN2.ClH/c1-7-2-3-8(9(11)6-7)10(13)4-5-12;/h2-3,6,10H,4,13H2,1H3;1H/t10-;/m1./s1. The maximum Gasteiger partial charge on any atom is 0.0641 e. The number of hydrogen-bond donors (Lipinski definition) is 1. The number of halogens is 2. The highest BCUT2D eigenvalue weighted by molar-refractivity contribution is 9.10. The van der Waals surface area contributed by atoms with Gasteiger partial charge in [-0.1, -0.05) is 28.1 Å². The van der Waals surface area contributed by atoms with Gasteiger partial charge in [-0.15, -0.1) is 12.4 Å². The van der Waals surface area contributed by atoms with Crippen LogP contribution in [0.1, 0.15) is 23.6 Å². The van der Waals surface area contributed by atoms with E-state index in [4.69, 9.17) is 11.0 Å². The minimum Gasteiger partial charge on any atom is -0.323 e. The van der Waals surface area contributed by atoms with Crippen molar-refractivity contribution in [3.05, 3.63) is 33.8 Å². The number of nitrogens with two attached hydrogens (primary N) is 1. The fourth-order valence-electron chi connectivity index (χ4n) is 1.14. The Hall–Kier alpha value is -0.560. The van der Waals surface area contributed by atoms with Crippen LogP contribution < -0.4 is 5.73 Å². The second-order valence-electron chi connectivity index (χ2n) is 2.99. The summed E-state index contributed by atoms with van der Waals surface area (Å²) >= 11 is 3.43. The van der Waals surface area contributed by atoms with Gasteiger partial charge in [0.15, 0.2) is 0 Å². The summed E-state index contributed by atoms with van der Waals surface area (Å²) in [7, 11) is 0. The van der Waals surface area contributed by atoms with Gasteiger partial charge in [-0.25, -0.2) is 0 Å². The first-order chi connectivity index (χ1) is 6.15. The minimum absolute atomic E-state index is 0. The molecule has 0 aromatic heterocycles. The quantitative estimate of drug-likeness (QED) is 0.901. The molecule has 0 amide bonds. The van der Waals surface area contributed by atoms with Gasteiger partial charge in [-0.2, -0.15) is 5.26 Å². The van der Waals surface area contributed by atoms with Crippen LogP contribution in [0.2, 0.25) is 0 Å². The molecule has 0 radical (unpaired) electrons. The van der Waals surface area contributed by atoms with Crippen LogP contribution in [0.25, 0.3) is 0 Å². The highest BCUT2D eigenvalue weighted by Crippen LogP contribution is 2.24. The second kappa shape index (κ2) is 6.02. The van der Waals surface area contributed by atoms with E-state index in [2.05, 4.69) is 22.0 Å². The van der Waals surface area contributed by atoms with Crippen LogP contribution in [0.15, 0.2) is 22.7 Å². The first-order valence-corrected chi connectivity index (χ1v) is 4.83. The summed E-state index contributed by atoms with van der Waals surface area (Å²) in [5, 5.41) is 8.50. The van der Waals surface area contributed by atoms with Crippen LogP contribution in [0.4, 0.5) is 0 Å². The molecule has 1 aromatic carbocycles. The van der Waals surface area contributed by atoms with Crippen LogP contribution in [0, 0.1) is 18.3 Å². The van der Waals surface area contributed by atoms with E-state index in [-0.39, 0.29) is 18.4 Å². The predicted octanol–water partition coefficient (Wildman–Crippen LogP) is 3.09. The van der Waals surface area contributed by atoms with E-state index in [1.54, 1.807) is 0 Å². The van der Waals surface area contributed by atoms with Gasteiger partial charge in [0.05, 0.1) is 12.5 Å². The summed E-state index contributed by atoms with van der Waals surface area (Å²) in [6.07, 6.45) is 0.349. The molecule has 0 heterocycles. The lowest BCUT2D eigenvalue weighted by atomic mass is 10.0. The van der Waals surface area contributed by atoms with Crippen molar-refractivity contribution in [2.75, 3.05) is 0 Å². The molecule has 0 unspecified atom stereocenters. The molecule has 2 N–H and O–H groups in total. The van der Waals surface area contributed by atoms with Gasteiger partial charge in [0, 0.05) is 10.5 Å². The third kappa shape index (κ3) is 3.30. The summed E-state index contributed by atoms with van der Waals surface area (Å²) in [6, 6.07) is 7.83. The van der Waals surface area contributed by atoms with Gasteiger partial charge < -0.3 is 5.73 Å². The fraction of sp³-hybridized carbons (Fsp3) is 0.300. The highest BCUT2D eigenvalue weighted by atomic mass is 79.9. The molecule has 0 aliphatic rings. The molecular weight excluding hydrogens is 263 g/mol. The molecule has 0 saturated carbocycles. The normalized spacial score (nSPS) is 11.3. The Morgan fingerprint density at radius 1 is 1.57 bits per heavy atom. The number of benzene rings is 1. The number of rotatable bonds is 2. The first kappa shape index (κ1) is 13.4. The maximum atomic E-state index is 8.50. The zero-order valence-electron chi connectivity index (χ0n) is 7.83. The minimum atomic E-state index is -0.194. The fourth-order valence-corrected chi connectivity index (χ4v) is 1.93. The highest BCUT2D eigenvalue weighted by Gasteiger charge is 2.08. The van der Waals surface area contributed by atoms with E-state index in [9.17, 15) is 0 Å². The van der Waals surface area contributed by atoms with Crippen LogP contribution in [0.3, 0.4) is 0 Å². The van der Waals surface area contributed by atoms with Gasteiger partial charge in [0.2, 0.25) is 0 Å². The van der Waals surface area contributed by atoms with Gasteiger partial charge in [0.1, 0.15) is 0 Å². The Morgan fingerprint density at radius 3 is 2.71 bits per heavy atom. The van der Waals surface area contributed by atoms with E-state index in [0.29, 0.717) is 6.42 Å². The Labute approximate surface area is 98.6 Å². The average Bonchev–Trinajstić information content (AvgIpc) is 2.04. The lowest BCUT2D eigenvalue weighted by Gasteiger charge is -2.10. The zero-order chi connectivity index (χ0) is 9.84. The topological polar surface area (TPSA) is 49.8 Å². The van der Waals surface area contributed by atoms with Crippen molar-refractivity contribution in [2.45, 2.75) is 19.4 Å². The number of hydrogen-bond acceptors (Lipinski definition) is 2. The van der Waals surface area contributed by atoms with Crippen LogP contribution >= 0.6 is 28.3 Å². The number of aryl methyl sites for hydroxylation is 1. The Balaban J connectivity index is 0.00000169. The molecule has 1 atom stereocenters. The second-order valence-corrected chi connectivity index (χ2v) is 3.85. The third-order valence-corrected chi connectivity index (χ3v) is 2.55. The number of nitriles is 1. The largest absolute Gasteiger partial charge is 0.323 e. The molecule has 0 fully saturated rings. The molecule has 0 spiro atoms. The zero-order valence-corrected chi connectivity index (χ0v) is 10.2. The molecule has 4 heteroatoms. The van der Waals surface area contributed by atoms with Crippen molar-refractivity contribution in [3.63, 3.8) is 0 Å². The van der Waals surface area contributed by atoms with Crippen LogP contribution in [0.5, 0.6) is 0 Å². The van der Waals surface area contributed by atoms with E-state index >= 15 is 0 Å². The summed E-state index contributed by atoms with van der Waals surface area (Å²) in [5.74, 6) is 0. The number of nitrogens with zero attached hydrogens (tertiary/aromatic N) is 1. The van der Waals surface area contributed by atoms with Gasteiger partial charge in [-0.3, -0.25) is 0 Å². The first-order valence-electron chi connectivity index (χ1n) is 4.03. The SMILES string of the molecule is Cc1ccc([C@H](N)CC#N)c(Br)c1.Cl. The smallest absolute Gasteiger partial charge is 0.0641 e. The van der Waals surface area contributed by atoms with E-state index < -0.39 is 0 Å². The van der Waals surface area contributed by atoms with Crippen molar-refractivity contribution < 1.29 is 0 Å². The van der Waals surface area contributed by atoms with Crippen LogP contribution in [-0.2, 0) is 0 Å². The summed E-state index contributed by atoms with van der Waals surface area (Å²) < 4.78 is 0.982. The molecule has 76 valence electrons. The van der Waals surface area contributed by atoms with Gasteiger partial charge in [-0.05, 0) is 24.1 Å².